The number of hydrogen-bond acceptors (Lipinski definition) is 5. The molecule has 0 amide bonds. The Morgan fingerprint density at radius 1 is 1.19 bits per heavy atom. The molecule has 32 heavy (non-hydrogen) atoms. The van der Waals surface area contributed by atoms with E-state index in [0.29, 0.717) is 23.8 Å². The Hall–Kier alpha value is -0.323. The van der Waals surface area contributed by atoms with Crippen LogP contribution in [0.3, 0.4) is 0 Å². The van der Waals surface area contributed by atoms with E-state index in [-0.39, 0.29) is 30.1 Å². The van der Waals surface area contributed by atoms with Crippen molar-refractivity contribution in [2.45, 2.75) is 70.1 Å². The Kier molecular flexibility index (Phi) is 12.4. The second-order valence-corrected chi connectivity index (χ2v) is 14.0. The van der Waals surface area contributed by atoms with E-state index in [1.165, 1.54) is 0 Å². The van der Waals surface area contributed by atoms with Crippen molar-refractivity contribution in [2.75, 3.05) is 6.61 Å². The molecule has 0 N–H and O–H groups in total. The van der Waals surface area contributed by atoms with E-state index in [1.807, 2.05) is 18.2 Å². The lowest BCUT2D eigenvalue weighted by Crippen LogP contribution is -2.41. The Bertz CT molecular complexity index is 726. The van der Waals surface area contributed by atoms with Gasteiger partial charge in [0.15, 0.2) is 8.32 Å². The van der Waals surface area contributed by atoms with E-state index in [2.05, 4.69) is 45.8 Å². The molecule has 9 heteroatoms. The molecular formula is C23H37ClO5P2Si. The number of carbonyl (C=O) groups excluding carboxylic acids is 1. The van der Waals surface area contributed by atoms with Crippen LogP contribution in [-0.2, 0) is 18.3 Å². The minimum absolute atomic E-state index is 0.0255. The van der Waals surface area contributed by atoms with Crippen molar-refractivity contribution in [3.8, 4) is 5.75 Å². The summed E-state index contributed by atoms with van der Waals surface area (Å²) < 4.78 is 23.9. The summed E-state index contributed by atoms with van der Waals surface area (Å²) in [6, 6.07) is 10.5. The summed E-state index contributed by atoms with van der Waals surface area (Å²) in [5.74, 6) is 0.843. The molecule has 7 atom stereocenters. The molecule has 1 saturated carbocycles. The number of hydrogen-bond donors (Lipinski definition) is 0. The second-order valence-electron chi connectivity index (χ2n) is 8.28. The predicted molar refractivity (Wildman–Crippen MR) is 140 cm³/mol. The lowest BCUT2D eigenvalue weighted by atomic mass is 9.90. The molecule has 0 bridgehead atoms. The van der Waals surface area contributed by atoms with Crippen LogP contribution in [-0.4, -0.2) is 39.5 Å². The zero-order valence-corrected chi connectivity index (χ0v) is 23.3. The molecule has 1 aliphatic rings. The number of halogens is 1. The first-order valence-electron chi connectivity index (χ1n) is 11.3. The average molecular weight is 519 g/mol. The Labute approximate surface area is 203 Å². The van der Waals surface area contributed by atoms with Crippen LogP contribution < -0.4 is 4.74 Å². The lowest BCUT2D eigenvalue weighted by Gasteiger charge is -2.34. The smallest absolute Gasteiger partial charge is 0.192 e. The number of rotatable bonds is 14. The average Bonchev–Trinajstić information content (AvgIpc) is 3.14. The highest BCUT2D eigenvalue weighted by atomic mass is 35.5. The quantitative estimate of drug-likeness (QED) is 0.126. The molecule has 180 valence electrons. The van der Waals surface area contributed by atoms with E-state index >= 15 is 0 Å². The minimum atomic E-state index is -1.79. The van der Waals surface area contributed by atoms with E-state index < -0.39 is 8.32 Å². The van der Waals surface area contributed by atoms with Gasteiger partial charge in [-0.1, -0.05) is 50.6 Å². The van der Waals surface area contributed by atoms with Crippen LogP contribution in [0.2, 0.25) is 23.2 Å². The molecule has 1 aromatic carbocycles. The van der Waals surface area contributed by atoms with E-state index in [0.717, 1.165) is 30.8 Å². The van der Waals surface area contributed by atoms with Crippen molar-refractivity contribution in [2.24, 2.45) is 11.8 Å². The fraction of sp³-hybridized carbons (Fsp3) is 0.609. The molecule has 0 heterocycles. The first kappa shape index (κ1) is 27.9. The molecule has 0 spiro atoms. The Balaban J connectivity index is 2.12. The van der Waals surface area contributed by atoms with Crippen molar-refractivity contribution < 1.29 is 23.0 Å². The van der Waals surface area contributed by atoms with Crippen LogP contribution in [0.5, 0.6) is 5.75 Å². The third kappa shape index (κ3) is 7.60. The molecule has 1 fully saturated rings. The number of carbonyl (C=O) groups is 1. The van der Waals surface area contributed by atoms with Crippen molar-refractivity contribution >= 4 is 45.1 Å². The molecule has 0 radical (unpaired) electrons. The molecule has 4 unspecified atom stereocenters. The minimum Gasteiger partial charge on any atom is -0.490 e. The summed E-state index contributed by atoms with van der Waals surface area (Å²) in [5.41, 5.74) is 0. The van der Waals surface area contributed by atoms with Gasteiger partial charge >= 0.3 is 0 Å². The zero-order chi connectivity index (χ0) is 23.6. The van der Waals surface area contributed by atoms with Crippen LogP contribution in [0, 0.1) is 11.8 Å². The van der Waals surface area contributed by atoms with Gasteiger partial charge in [-0.15, -0.1) is 0 Å². The first-order chi connectivity index (χ1) is 15.4. The van der Waals surface area contributed by atoms with E-state index in [4.69, 9.17) is 29.8 Å². The van der Waals surface area contributed by atoms with Crippen LogP contribution in [0.1, 0.15) is 33.6 Å². The van der Waals surface area contributed by atoms with Gasteiger partial charge in [-0.25, -0.2) is 0 Å². The van der Waals surface area contributed by atoms with Crippen LogP contribution >= 0.6 is 30.5 Å². The van der Waals surface area contributed by atoms with Gasteiger partial charge in [0.05, 0.1) is 12.2 Å². The van der Waals surface area contributed by atoms with Gasteiger partial charge in [0.1, 0.15) is 24.7 Å². The molecule has 1 aromatic rings. The fourth-order valence-corrected chi connectivity index (χ4v) is 8.06. The maximum Gasteiger partial charge on any atom is 0.192 e. The second kappa shape index (κ2) is 14.2. The Morgan fingerprint density at radius 2 is 1.91 bits per heavy atom. The van der Waals surface area contributed by atoms with Crippen LogP contribution in [0.15, 0.2) is 36.4 Å². The standard InChI is InChI=1S/C23H37ClO5P2Si/c1-4-32(5-2,6-3)29-23-15-22(28-31)20(21(23)12-13-25)11-10-19(27-30)16-26-18-9-7-8-17(24)14-18/h7-11,13-14,19-23H,4-6,12,15-16,30-31H2,1-3H3/b11-10+/t19?,20-,21-,22?,23+/m1/s1. The Morgan fingerprint density at radius 3 is 2.47 bits per heavy atom. The highest BCUT2D eigenvalue weighted by molar-refractivity contribution is 7.10. The van der Waals surface area contributed by atoms with Gasteiger partial charge < -0.3 is 23.0 Å². The maximum atomic E-state index is 11.5. The van der Waals surface area contributed by atoms with Crippen molar-refractivity contribution in [1.29, 1.82) is 0 Å². The number of aldehydes is 1. The highest BCUT2D eigenvalue weighted by Crippen LogP contribution is 2.42. The van der Waals surface area contributed by atoms with E-state index in [9.17, 15) is 4.79 Å². The van der Waals surface area contributed by atoms with Gasteiger partial charge in [0.2, 0.25) is 0 Å². The summed E-state index contributed by atoms with van der Waals surface area (Å²) in [7, 11) is 2.90. The summed E-state index contributed by atoms with van der Waals surface area (Å²) in [5, 5.41) is 0.626. The molecule has 5 nitrogen and oxygen atoms in total. The number of benzene rings is 1. The van der Waals surface area contributed by atoms with Crippen molar-refractivity contribution in [1.82, 2.24) is 0 Å². The summed E-state index contributed by atoms with van der Waals surface area (Å²) in [4.78, 5) is 11.5. The SMILES string of the molecule is CC[Si](CC)(CC)O[C@H]1CC(OP)[C@H](/C=C/C(COc2cccc(Cl)c2)OP)[C@H]1CC=O. The van der Waals surface area contributed by atoms with Crippen LogP contribution in [0.25, 0.3) is 0 Å². The molecule has 2 rings (SSSR count). The largest absolute Gasteiger partial charge is 0.490 e. The topological polar surface area (TPSA) is 54.0 Å². The van der Waals surface area contributed by atoms with Gasteiger partial charge in [-0.05, 0) is 48.7 Å². The molecule has 0 aliphatic heterocycles. The van der Waals surface area contributed by atoms with Gasteiger partial charge in [0.25, 0.3) is 0 Å². The first-order valence-corrected chi connectivity index (χ1v) is 15.2. The van der Waals surface area contributed by atoms with E-state index in [1.54, 1.807) is 12.1 Å². The lowest BCUT2D eigenvalue weighted by molar-refractivity contribution is -0.109. The molecule has 1 aliphatic carbocycles. The van der Waals surface area contributed by atoms with Crippen molar-refractivity contribution in [3.63, 3.8) is 0 Å². The summed E-state index contributed by atoms with van der Waals surface area (Å²) in [6.07, 6.45) is 6.09. The third-order valence-corrected chi connectivity index (χ3v) is 12.3. The van der Waals surface area contributed by atoms with Crippen LogP contribution in [0.4, 0.5) is 0 Å². The number of ether oxygens (including phenoxy) is 1. The fourth-order valence-electron chi connectivity index (χ4n) is 4.50. The molecule has 0 saturated heterocycles. The van der Waals surface area contributed by atoms with Gasteiger partial charge in [0, 0.05) is 36.3 Å². The zero-order valence-electron chi connectivity index (χ0n) is 19.2. The third-order valence-electron chi connectivity index (χ3n) is 6.68. The summed E-state index contributed by atoms with van der Waals surface area (Å²) in [6.45, 7) is 7.02. The van der Waals surface area contributed by atoms with Gasteiger partial charge in [-0.2, -0.15) is 0 Å². The molecular weight excluding hydrogens is 482 g/mol. The normalized spacial score (nSPS) is 24.7. The van der Waals surface area contributed by atoms with Gasteiger partial charge in [-0.3, -0.25) is 0 Å². The van der Waals surface area contributed by atoms with Crippen molar-refractivity contribution in [3.05, 3.63) is 41.4 Å². The maximum absolute atomic E-state index is 11.5. The molecule has 0 aromatic heterocycles. The highest BCUT2D eigenvalue weighted by Gasteiger charge is 2.45. The summed E-state index contributed by atoms with van der Waals surface area (Å²) >= 11 is 6.03. The monoisotopic (exact) mass is 518 g/mol. The predicted octanol–water partition coefficient (Wildman–Crippen LogP) is 6.24.